The van der Waals surface area contributed by atoms with Crippen molar-refractivity contribution in [2.75, 3.05) is 0 Å². The largest absolute Gasteiger partial charge is 0.373 e. The van der Waals surface area contributed by atoms with Gasteiger partial charge in [-0.25, -0.2) is 0 Å². The first-order valence-corrected chi connectivity index (χ1v) is 9.25. The van der Waals surface area contributed by atoms with Crippen molar-refractivity contribution >= 4 is 0 Å². The lowest BCUT2D eigenvalue weighted by atomic mass is 9.67. The average molecular weight is 290 g/mol. The van der Waals surface area contributed by atoms with Gasteiger partial charge in [-0.1, -0.05) is 41.5 Å². The van der Waals surface area contributed by atoms with Gasteiger partial charge in [-0.2, -0.15) is 0 Å². The molecule has 0 aromatic heterocycles. The van der Waals surface area contributed by atoms with E-state index < -0.39 is 0 Å². The molecule has 6 atom stereocenters. The second-order valence-electron chi connectivity index (χ2n) is 10.7. The molecule has 0 saturated heterocycles. The van der Waals surface area contributed by atoms with Gasteiger partial charge >= 0.3 is 0 Å². The minimum atomic E-state index is 0.376. The van der Waals surface area contributed by atoms with Gasteiger partial charge in [0.2, 0.25) is 0 Å². The summed E-state index contributed by atoms with van der Waals surface area (Å²) in [6, 6.07) is 0. The van der Waals surface area contributed by atoms with Gasteiger partial charge in [0, 0.05) is 0 Å². The molecule has 0 heterocycles. The zero-order valence-corrected chi connectivity index (χ0v) is 15.0. The standard InChI is InChI=1S/C20H34O/c1-17(2)13-7-9-19(5,11-13)15(17)21-16-18(3,4)14-8-10-20(16,6)12-14/h13-16H,7-12H2,1-6H3. The van der Waals surface area contributed by atoms with Crippen LogP contribution in [0.4, 0.5) is 0 Å². The molecule has 4 aliphatic carbocycles. The van der Waals surface area contributed by atoms with Gasteiger partial charge in [-0.15, -0.1) is 0 Å². The number of hydrogen-bond acceptors (Lipinski definition) is 1. The highest BCUT2D eigenvalue weighted by Gasteiger charge is 2.65. The quantitative estimate of drug-likeness (QED) is 0.658. The fourth-order valence-corrected chi connectivity index (χ4v) is 7.33. The first-order chi connectivity index (χ1) is 9.60. The number of hydrogen-bond donors (Lipinski definition) is 0. The molecule has 4 saturated carbocycles. The maximum absolute atomic E-state index is 7.08. The molecule has 0 aliphatic heterocycles. The maximum Gasteiger partial charge on any atom is 0.0686 e. The van der Waals surface area contributed by atoms with Crippen LogP contribution in [0.3, 0.4) is 0 Å². The Balaban J connectivity index is 1.64. The Morgan fingerprint density at radius 2 is 1.05 bits per heavy atom. The molecule has 0 spiro atoms. The van der Waals surface area contributed by atoms with Crippen LogP contribution in [0.1, 0.15) is 80.1 Å². The number of ether oxygens (including phenoxy) is 1. The van der Waals surface area contributed by atoms with Crippen LogP contribution in [0.5, 0.6) is 0 Å². The first kappa shape index (κ1) is 14.5. The Labute approximate surface area is 131 Å². The predicted octanol–water partition coefficient (Wildman–Crippen LogP) is 5.43. The summed E-state index contributed by atoms with van der Waals surface area (Å²) in [6.07, 6.45) is 9.39. The van der Waals surface area contributed by atoms with E-state index in [2.05, 4.69) is 41.5 Å². The topological polar surface area (TPSA) is 9.23 Å². The molecule has 0 aromatic carbocycles. The highest BCUT2D eigenvalue weighted by atomic mass is 16.5. The lowest BCUT2D eigenvalue weighted by molar-refractivity contribution is -0.185. The van der Waals surface area contributed by atoms with Crippen molar-refractivity contribution in [2.45, 2.75) is 92.3 Å². The van der Waals surface area contributed by atoms with Crippen LogP contribution in [0.15, 0.2) is 0 Å². The number of rotatable bonds is 2. The molecule has 0 aromatic rings. The summed E-state index contributed by atoms with van der Waals surface area (Å²) >= 11 is 0. The summed E-state index contributed by atoms with van der Waals surface area (Å²) in [4.78, 5) is 0. The van der Waals surface area contributed by atoms with E-state index in [-0.39, 0.29) is 0 Å². The lowest BCUT2D eigenvalue weighted by Gasteiger charge is -2.50. The van der Waals surface area contributed by atoms with Crippen LogP contribution in [0.2, 0.25) is 0 Å². The van der Waals surface area contributed by atoms with Crippen LogP contribution in [0.25, 0.3) is 0 Å². The minimum absolute atomic E-state index is 0.376. The van der Waals surface area contributed by atoms with E-state index in [0.717, 1.165) is 11.8 Å². The van der Waals surface area contributed by atoms with E-state index in [4.69, 9.17) is 4.74 Å². The third-order valence-corrected chi connectivity index (χ3v) is 8.55. The lowest BCUT2D eigenvalue weighted by Crippen LogP contribution is -2.51. The van der Waals surface area contributed by atoms with Gasteiger partial charge in [0.05, 0.1) is 12.2 Å². The van der Waals surface area contributed by atoms with E-state index in [9.17, 15) is 0 Å². The monoisotopic (exact) mass is 290 g/mol. The van der Waals surface area contributed by atoms with Crippen molar-refractivity contribution in [1.29, 1.82) is 0 Å². The molecule has 0 N–H and O–H groups in total. The Bertz CT molecular complexity index is 413. The summed E-state index contributed by atoms with van der Waals surface area (Å²) in [5.41, 5.74) is 1.65. The van der Waals surface area contributed by atoms with Gasteiger partial charge in [-0.3, -0.25) is 0 Å². The third-order valence-electron chi connectivity index (χ3n) is 8.55. The summed E-state index contributed by atoms with van der Waals surface area (Å²) in [5.74, 6) is 1.78. The Morgan fingerprint density at radius 3 is 1.33 bits per heavy atom. The molecule has 0 radical (unpaired) electrons. The van der Waals surface area contributed by atoms with Gasteiger partial charge in [0.25, 0.3) is 0 Å². The van der Waals surface area contributed by atoms with Gasteiger partial charge in [-0.05, 0) is 72.0 Å². The fraction of sp³-hybridized carbons (Fsp3) is 1.00. The van der Waals surface area contributed by atoms with Crippen LogP contribution >= 0.6 is 0 Å². The summed E-state index contributed by atoms with van der Waals surface area (Å²) in [5, 5.41) is 0. The SMILES string of the molecule is CC12CCC(C1)C(C)(C)C2OC1C2(C)CCC(C2)C1(C)C. The normalized spacial score (nSPS) is 56.3. The fourth-order valence-electron chi connectivity index (χ4n) is 7.33. The molecule has 120 valence electrons. The van der Waals surface area contributed by atoms with E-state index in [1.807, 2.05) is 0 Å². The predicted molar refractivity (Wildman–Crippen MR) is 87.1 cm³/mol. The van der Waals surface area contributed by atoms with E-state index in [1.165, 1.54) is 38.5 Å². The van der Waals surface area contributed by atoms with Crippen molar-refractivity contribution in [3.63, 3.8) is 0 Å². The van der Waals surface area contributed by atoms with Crippen molar-refractivity contribution in [2.24, 2.45) is 33.5 Å². The Kier molecular flexibility index (Phi) is 2.69. The summed E-state index contributed by atoms with van der Waals surface area (Å²) < 4.78 is 7.08. The van der Waals surface area contributed by atoms with Gasteiger partial charge < -0.3 is 4.74 Å². The number of fused-ring (bicyclic) bond motifs is 4. The molecule has 1 heteroatoms. The Hall–Kier alpha value is -0.0400. The zero-order valence-electron chi connectivity index (χ0n) is 15.0. The van der Waals surface area contributed by atoms with Crippen molar-refractivity contribution in [3.8, 4) is 0 Å². The minimum Gasteiger partial charge on any atom is -0.373 e. The maximum atomic E-state index is 7.08. The van der Waals surface area contributed by atoms with Gasteiger partial charge in [0.15, 0.2) is 0 Å². The average Bonchev–Trinajstić information content (AvgIpc) is 3.01. The van der Waals surface area contributed by atoms with Crippen molar-refractivity contribution in [1.82, 2.24) is 0 Å². The molecular weight excluding hydrogens is 256 g/mol. The highest BCUT2D eigenvalue weighted by molar-refractivity contribution is 5.14. The van der Waals surface area contributed by atoms with E-state index >= 15 is 0 Å². The van der Waals surface area contributed by atoms with Gasteiger partial charge in [0.1, 0.15) is 0 Å². The smallest absolute Gasteiger partial charge is 0.0686 e. The summed E-state index contributed by atoms with van der Waals surface area (Å²) in [7, 11) is 0. The molecular formula is C20H34O. The van der Waals surface area contributed by atoms with Crippen molar-refractivity contribution in [3.05, 3.63) is 0 Å². The van der Waals surface area contributed by atoms with Crippen LogP contribution in [0, 0.1) is 33.5 Å². The van der Waals surface area contributed by atoms with Crippen LogP contribution in [-0.2, 0) is 4.74 Å². The third kappa shape index (κ3) is 1.68. The molecule has 4 bridgehead atoms. The molecule has 4 rings (SSSR count). The van der Waals surface area contributed by atoms with E-state index in [1.54, 1.807) is 0 Å². The molecule has 0 amide bonds. The Morgan fingerprint density at radius 1 is 0.667 bits per heavy atom. The molecule has 6 unspecified atom stereocenters. The summed E-state index contributed by atoms with van der Waals surface area (Å²) in [6.45, 7) is 14.9. The second-order valence-corrected chi connectivity index (χ2v) is 10.7. The molecule has 4 aliphatic rings. The first-order valence-electron chi connectivity index (χ1n) is 9.25. The molecule has 1 nitrogen and oxygen atoms in total. The second kappa shape index (κ2) is 3.89. The van der Waals surface area contributed by atoms with Crippen molar-refractivity contribution < 1.29 is 4.74 Å². The highest BCUT2D eigenvalue weighted by Crippen LogP contribution is 2.68. The molecule has 4 fully saturated rings. The van der Waals surface area contributed by atoms with E-state index in [0.29, 0.717) is 33.9 Å². The molecule has 21 heavy (non-hydrogen) atoms. The zero-order chi connectivity index (χ0) is 15.3. The van der Waals surface area contributed by atoms with Crippen LogP contribution in [-0.4, -0.2) is 12.2 Å². The van der Waals surface area contributed by atoms with Crippen LogP contribution < -0.4 is 0 Å².